The molecule has 0 radical (unpaired) electrons. The van der Waals surface area contributed by atoms with Crippen molar-refractivity contribution in [3.05, 3.63) is 41.1 Å². The van der Waals surface area contributed by atoms with Gasteiger partial charge in [0.1, 0.15) is 5.69 Å². The van der Waals surface area contributed by atoms with Crippen molar-refractivity contribution in [1.82, 2.24) is 14.5 Å². The molecular formula is C15H17F2N3O3S. The molecule has 0 aliphatic rings. The Morgan fingerprint density at radius 3 is 2.58 bits per heavy atom. The number of rotatable bonds is 6. The molecule has 6 nitrogen and oxygen atoms in total. The van der Waals surface area contributed by atoms with Gasteiger partial charge in [0.05, 0.1) is 22.7 Å². The molecule has 0 aliphatic heterocycles. The van der Waals surface area contributed by atoms with Gasteiger partial charge in [-0.3, -0.25) is 14.3 Å². The smallest absolute Gasteiger partial charge is 0.253 e. The van der Waals surface area contributed by atoms with Crippen molar-refractivity contribution >= 4 is 9.84 Å². The largest absolute Gasteiger partial charge is 0.299 e. The van der Waals surface area contributed by atoms with E-state index in [4.69, 9.17) is 0 Å². The summed E-state index contributed by atoms with van der Waals surface area (Å²) >= 11 is 0. The molecule has 0 amide bonds. The van der Waals surface area contributed by atoms with E-state index < -0.39 is 27.7 Å². The van der Waals surface area contributed by atoms with Gasteiger partial charge in [-0.1, -0.05) is 6.92 Å². The van der Waals surface area contributed by atoms with Gasteiger partial charge in [0.15, 0.2) is 9.84 Å². The highest BCUT2D eigenvalue weighted by Crippen LogP contribution is 2.23. The van der Waals surface area contributed by atoms with Crippen LogP contribution >= 0.6 is 0 Å². The molecular weight excluding hydrogens is 340 g/mol. The van der Waals surface area contributed by atoms with Crippen molar-refractivity contribution in [3.8, 4) is 11.4 Å². The number of alkyl halides is 2. The van der Waals surface area contributed by atoms with E-state index in [9.17, 15) is 22.0 Å². The Hall–Kier alpha value is -2.16. The maximum Gasteiger partial charge on any atom is 0.253 e. The van der Waals surface area contributed by atoms with Crippen LogP contribution in [0.2, 0.25) is 0 Å². The summed E-state index contributed by atoms with van der Waals surface area (Å²) in [4.78, 5) is 20.1. The van der Waals surface area contributed by atoms with E-state index in [1.807, 2.05) is 0 Å². The van der Waals surface area contributed by atoms with Gasteiger partial charge in [0.25, 0.3) is 5.56 Å². The Morgan fingerprint density at radius 2 is 2.00 bits per heavy atom. The van der Waals surface area contributed by atoms with Crippen LogP contribution in [0.5, 0.6) is 0 Å². The molecule has 0 saturated heterocycles. The highest BCUT2D eigenvalue weighted by atomic mass is 32.2. The summed E-state index contributed by atoms with van der Waals surface area (Å²) in [5.74, 6) is -3.00. The number of hydrogen-bond donors (Lipinski definition) is 0. The molecule has 0 bridgehead atoms. The highest BCUT2D eigenvalue weighted by Gasteiger charge is 2.22. The first-order valence-electron chi connectivity index (χ1n) is 7.26. The first-order valence-corrected chi connectivity index (χ1v) is 8.92. The van der Waals surface area contributed by atoms with Crippen LogP contribution in [0, 0.1) is 0 Å². The van der Waals surface area contributed by atoms with Crippen LogP contribution in [0.1, 0.15) is 20.3 Å². The van der Waals surface area contributed by atoms with E-state index in [1.165, 1.54) is 25.3 Å². The fourth-order valence-electron chi connectivity index (χ4n) is 2.03. The second kappa shape index (κ2) is 6.76. The van der Waals surface area contributed by atoms with Gasteiger partial charge >= 0.3 is 0 Å². The van der Waals surface area contributed by atoms with E-state index in [0.29, 0.717) is 0 Å². The summed E-state index contributed by atoms with van der Waals surface area (Å²) in [5.41, 5.74) is -0.383. The lowest BCUT2D eigenvalue weighted by atomic mass is 10.2. The van der Waals surface area contributed by atoms with Crippen LogP contribution in [0.3, 0.4) is 0 Å². The summed E-state index contributed by atoms with van der Waals surface area (Å²) in [6, 6.07) is 3.98. The second-order valence-electron chi connectivity index (χ2n) is 5.38. The van der Waals surface area contributed by atoms with Gasteiger partial charge < -0.3 is 0 Å². The highest BCUT2D eigenvalue weighted by molar-refractivity contribution is 7.91. The van der Waals surface area contributed by atoms with E-state index in [2.05, 4.69) is 9.97 Å². The molecule has 0 aromatic carbocycles. The normalized spacial score (nSPS) is 12.3. The Kier molecular flexibility index (Phi) is 5.12. The van der Waals surface area contributed by atoms with Crippen molar-refractivity contribution in [2.45, 2.75) is 37.6 Å². The van der Waals surface area contributed by atoms with Crippen LogP contribution in [0.15, 0.2) is 40.4 Å². The van der Waals surface area contributed by atoms with Crippen LogP contribution in [0.25, 0.3) is 11.4 Å². The summed E-state index contributed by atoms with van der Waals surface area (Å²) < 4.78 is 51.1. The molecule has 0 saturated carbocycles. The molecule has 2 aromatic rings. The molecule has 0 aliphatic carbocycles. The molecule has 2 heterocycles. The van der Waals surface area contributed by atoms with E-state index in [1.54, 1.807) is 0 Å². The standard InChI is InChI=1S/C15H17F2N3O3S/c1-3-24(22,23)12-5-4-7-18-14(12)11-9-13(21)20(10-19-11)8-6-15(2,16)17/h4-5,7,9-10H,3,6,8H2,1-2H3. The van der Waals surface area contributed by atoms with Crippen molar-refractivity contribution < 1.29 is 17.2 Å². The number of halogens is 2. The van der Waals surface area contributed by atoms with E-state index >= 15 is 0 Å². The Balaban J connectivity index is 2.42. The zero-order valence-corrected chi connectivity index (χ0v) is 14.1. The van der Waals surface area contributed by atoms with Crippen LogP contribution in [0.4, 0.5) is 8.78 Å². The SMILES string of the molecule is CCS(=O)(=O)c1cccnc1-c1cc(=O)n(CCC(C)(F)F)cn1. The first kappa shape index (κ1) is 18.2. The maximum absolute atomic E-state index is 12.9. The number of aryl methyl sites for hydroxylation is 1. The molecule has 0 fully saturated rings. The van der Waals surface area contributed by atoms with Crippen LogP contribution < -0.4 is 5.56 Å². The van der Waals surface area contributed by atoms with E-state index in [0.717, 1.165) is 23.9 Å². The minimum absolute atomic E-state index is 0.0164. The van der Waals surface area contributed by atoms with Crippen LogP contribution in [-0.2, 0) is 16.4 Å². The molecule has 130 valence electrons. The molecule has 2 aromatic heterocycles. The second-order valence-corrected chi connectivity index (χ2v) is 7.63. The van der Waals surface area contributed by atoms with Crippen LogP contribution in [-0.4, -0.2) is 34.6 Å². The summed E-state index contributed by atoms with van der Waals surface area (Å²) in [7, 11) is -3.54. The topological polar surface area (TPSA) is 81.9 Å². The molecule has 0 spiro atoms. The van der Waals surface area contributed by atoms with E-state index in [-0.39, 0.29) is 28.6 Å². The minimum atomic E-state index is -3.54. The number of pyridine rings is 1. The molecule has 2 rings (SSSR count). The third-order valence-corrected chi connectivity index (χ3v) is 5.16. The Bertz CT molecular complexity index is 889. The average molecular weight is 357 g/mol. The maximum atomic E-state index is 12.9. The molecule has 0 atom stereocenters. The summed E-state index contributed by atoms with van der Waals surface area (Å²) in [5, 5.41) is 0. The average Bonchev–Trinajstić information content (AvgIpc) is 2.53. The molecule has 0 unspecified atom stereocenters. The minimum Gasteiger partial charge on any atom is -0.299 e. The van der Waals surface area contributed by atoms with Gasteiger partial charge in [-0.05, 0) is 19.1 Å². The zero-order chi connectivity index (χ0) is 18.0. The fourth-order valence-corrected chi connectivity index (χ4v) is 3.08. The third-order valence-electron chi connectivity index (χ3n) is 3.40. The summed E-state index contributed by atoms with van der Waals surface area (Å²) in [6.45, 7) is 2.09. The monoisotopic (exact) mass is 357 g/mol. The first-order chi connectivity index (χ1) is 11.1. The van der Waals surface area contributed by atoms with Gasteiger partial charge in [-0.15, -0.1) is 0 Å². The molecule has 0 N–H and O–H groups in total. The predicted octanol–water partition coefficient (Wildman–Crippen LogP) is 2.14. The lowest BCUT2D eigenvalue weighted by Gasteiger charge is -2.12. The lowest BCUT2D eigenvalue weighted by molar-refractivity contribution is 0.00838. The summed E-state index contributed by atoms with van der Waals surface area (Å²) in [6.07, 6.45) is 2.03. The van der Waals surface area contributed by atoms with Crippen molar-refractivity contribution in [1.29, 1.82) is 0 Å². The van der Waals surface area contributed by atoms with Gasteiger partial charge in [0.2, 0.25) is 5.92 Å². The van der Waals surface area contributed by atoms with Crippen molar-refractivity contribution in [2.75, 3.05) is 5.75 Å². The number of hydrogen-bond acceptors (Lipinski definition) is 5. The van der Waals surface area contributed by atoms with Gasteiger partial charge in [-0.2, -0.15) is 0 Å². The van der Waals surface area contributed by atoms with Crippen molar-refractivity contribution in [2.24, 2.45) is 0 Å². The fraction of sp³-hybridized carbons (Fsp3) is 0.400. The molecule has 24 heavy (non-hydrogen) atoms. The zero-order valence-electron chi connectivity index (χ0n) is 13.2. The lowest BCUT2D eigenvalue weighted by Crippen LogP contribution is -2.24. The third kappa shape index (κ3) is 4.22. The van der Waals surface area contributed by atoms with Crippen molar-refractivity contribution in [3.63, 3.8) is 0 Å². The Labute approximate surface area is 138 Å². The Morgan fingerprint density at radius 1 is 1.29 bits per heavy atom. The molecule has 9 heteroatoms. The number of nitrogens with zero attached hydrogens (tertiary/aromatic N) is 3. The number of sulfone groups is 1. The number of aromatic nitrogens is 3. The quantitative estimate of drug-likeness (QED) is 0.791. The van der Waals surface area contributed by atoms with Gasteiger partial charge in [-0.25, -0.2) is 22.2 Å². The predicted molar refractivity (Wildman–Crippen MR) is 84.7 cm³/mol. The van der Waals surface area contributed by atoms with Gasteiger partial charge in [0, 0.05) is 25.2 Å².